The zero-order valence-corrected chi connectivity index (χ0v) is 37.2. The predicted octanol–water partition coefficient (Wildman–Crippen LogP) is 5.83. The van der Waals surface area contributed by atoms with E-state index in [1.807, 2.05) is 0 Å². The van der Waals surface area contributed by atoms with Gasteiger partial charge in [0.25, 0.3) is 0 Å². The van der Waals surface area contributed by atoms with E-state index in [9.17, 15) is 28.8 Å². The number of Topliss-reactive ketones (excluding diaryl/α,β-unsaturated/α-hetero) is 3. The van der Waals surface area contributed by atoms with Gasteiger partial charge in [0, 0.05) is 71.0 Å². The van der Waals surface area contributed by atoms with Crippen molar-refractivity contribution in [2.24, 2.45) is 11.7 Å². The Balaban J connectivity index is 0.0000372. The van der Waals surface area contributed by atoms with Gasteiger partial charge in [-0.2, -0.15) is 0 Å². The summed E-state index contributed by atoms with van der Waals surface area (Å²) in [5.41, 5.74) is 6.79. The molecule has 2 atom stereocenters. The van der Waals surface area contributed by atoms with Gasteiger partial charge in [0.2, 0.25) is 11.8 Å². The maximum Gasteiger partial charge on any atom is 0.303 e. The van der Waals surface area contributed by atoms with Crippen LogP contribution < -0.4 is 16.4 Å². The summed E-state index contributed by atoms with van der Waals surface area (Å²) in [6, 6.07) is -0.695. The van der Waals surface area contributed by atoms with E-state index in [-0.39, 0.29) is 76.7 Å². The molecule has 16 heteroatoms. The standard InChI is InChI=1S/C45H79N5O11.H2/c1-37(51)38(31-42(53)41(46)32-39-33-47-36-50-39)19-16-17-23-48-43(54)34-61-30-28-59-26-24-49-44(55)35-60-29-27-58-25-18-21-40(52)20-14-12-10-8-6-4-2-3-5-7-9-11-13-15-22-45(56)57;/h33,36,38,41H,2-32,34-35,46H2,1H3,(H,47,50)(H,48,54)(H,49,55)(H,56,57);1H/t38-,41+;/m1./s1. The highest BCUT2D eigenvalue weighted by Gasteiger charge is 2.23. The number of carbonyl (C=O) groups is 6. The highest BCUT2D eigenvalue weighted by molar-refractivity contribution is 5.89. The number of hydrogen-bond donors (Lipinski definition) is 5. The number of nitrogens with one attached hydrogen (secondary N) is 3. The molecule has 0 aliphatic rings. The van der Waals surface area contributed by atoms with Crippen LogP contribution >= 0.6 is 0 Å². The lowest BCUT2D eigenvalue weighted by Gasteiger charge is -2.16. The molecule has 6 N–H and O–H groups in total. The summed E-state index contributed by atoms with van der Waals surface area (Å²) in [6.07, 6.45) is 24.0. The second-order valence-electron chi connectivity index (χ2n) is 15.9. The summed E-state index contributed by atoms with van der Waals surface area (Å²) in [7, 11) is 0. The van der Waals surface area contributed by atoms with Crippen molar-refractivity contribution in [2.45, 2.75) is 161 Å². The van der Waals surface area contributed by atoms with Gasteiger partial charge in [-0.3, -0.25) is 28.8 Å². The minimum Gasteiger partial charge on any atom is -0.481 e. The third-order valence-corrected chi connectivity index (χ3v) is 10.4. The normalized spacial score (nSPS) is 12.2. The number of ketones is 3. The third kappa shape index (κ3) is 35.7. The first kappa shape index (κ1) is 55.4. The number of hydrogen-bond acceptors (Lipinski definition) is 12. The molecule has 1 aromatic rings. The molecule has 0 spiro atoms. The van der Waals surface area contributed by atoms with Gasteiger partial charge in [-0.1, -0.05) is 83.5 Å². The quantitative estimate of drug-likeness (QED) is 0.0486. The monoisotopic (exact) mass is 868 g/mol. The van der Waals surface area contributed by atoms with Crippen LogP contribution in [0.4, 0.5) is 0 Å². The van der Waals surface area contributed by atoms with Crippen molar-refractivity contribution in [1.29, 1.82) is 0 Å². The van der Waals surface area contributed by atoms with Gasteiger partial charge in [-0.25, -0.2) is 4.98 Å². The zero-order chi connectivity index (χ0) is 44.6. The van der Waals surface area contributed by atoms with Crippen LogP contribution in [0.15, 0.2) is 12.5 Å². The molecule has 0 fully saturated rings. The second-order valence-corrected chi connectivity index (χ2v) is 15.9. The lowest BCUT2D eigenvalue weighted by Crippen LogP contribution is -2.35. The minimum absolute atomic E-state index is 0. The number of ether oxygens (including phenoxy) is 4. The number of H-pyrrole nitrogens is 1. The average molecular weight is 868 g/mol. The third-order valence-electron chi connectivity index (χ3n) is 10.4. The van der Waals surface area contributed by atoms with Crippen LogP contribution in [0.3, 0.4) is 0 Å². The van der Waals surface area contributed by atoms with Crippen LogP contribution in [-0.4, -0.2) is 122 Å². The molecule has 0 aliphatic carbocycles. The first-order valence-corrected chi connectivity index (χ1v) is 22.9. The summed E-state index contributed by atoms with van der Waals surface area (Å²) in [6.45, 7) is 3.94. The van der Waals surface area contributed by atoms with Crippen molar-refractivity contribution >= 4 is 35.1 Å². The van der Waals surface area contributed by atoms with Crippen LogP contribution in [0, 0.1) is 5.92 Å². The van der Waals surface area contributed by atoms with Gasteiger partial charge in [-0.05, 0) is 39.0 Å². The molecule has 352 valence electrons. The molecular formula is C45H81N5O11. The Hall–Kier alpha value is -3.57. The SMILES string of the molecule is CC(=O)[C@H](CCCCNC(=O)COCCOCCNC(=O)COCCOCCCC(=O)CCCCCCCCCCCCCCCCC(=O)O)CC(=O)[C@@H](N)Cc1cnc[nH]1.[HH]. The van der Waals surface area contributed by atoms with Gasteiger partial charge in [0.1, 0.15) is 24.8 Å². The summed E-state index contributed by atoms with van der Waals surface area (Å²) >= 11 is 0. The van der Waals surface area contributed by atoms with Gasteiger partial charge in [-0.15, -0.1) is 0 Å². The fourth-order valence-electron chi connectivity index (χ4n) is 6.68. The first-order valence-electron chi connectivity index (χ1n) is 22.9. The molecule has 0 bridgehead atoms. The van der Waals surface area contributed by atoms with Crippen molar-refractivity contribution in [3.8, 4) is 0 Å². The number of nitrogens with zero attached hydrogens (tertiary/aromatic N) is 1. The van der Waals surface area contributed by atoms with E-state index < -0.39 is 17.9 Å². The fraction of sp³-hybridized carbons (Fsp3) is 0.800. The Morgan fingerprint density at radius 1 is 0.656 bits per heavy atom. The molecule has 16 nitrogen and oxygen atoms in total. The lowest BCUT2D eigenvalue weighted by atomic mass is 9.90. The number of amides is 2. The number of nitrogens with two attached hydrogens (primary N) is 1. The number of carbonyl (C=O) groups excluding carboxylic acids is 5. The molecule has 0 aliphatic heterocycles. The highest BCUT2D eigenvalue weighted by atomic mass is 16.5. The number of aromatic nitrogens is 2. The van der Waals surface area contributed by atoms with Crippen molar-refractivity contribution < 1.29 is 54.2 Å². The molecule has 0 radical (unpaired) electrons. The van der Waals surface area contributed by atoms with Crippen LogP contribution in [0.1, 0.15) is 155 Å². The van der Waals surface area contributed by atoms with Gasteiger partial charge >= 0.3 is 5.97 Å². The Morgan fingerprint density at radius 2 is 1.16 bits per heavy atom. The molecule has 2 amide bonds. The molecule has 1 aromatic heterocycles. The molecule has 1 rings (SSSR count). The van der Waals surface area contributed by atoms with E-state index in [1.165, 1.54) is 71.0 Å². The van der Waals surface area contributed by atoms with Gasteiger partial charge < -0.3 is 45.4 Å². The number of unbranched alkanes of at least 4 members (excludes halogenated alkanes) is 14. The predicted molar refractivity (Wildman–Crippen MR) is 235 cm³/mol. The van der Waals surface area contributed by atoms with Crippen LogP contribution in [0.2, 0.25) is 0 Å². The summed E-state index contributed by atoms with van der Waals surface area (Å²) in [4.78, 5) is 78.1. The molecule has 0 saturated heterocycles. The van der Waals surface area contributed by atoms with Crippen LogP contribution in [-0.2, 0) is 54.1 Å². The van der Waals surface area contributed by atoms with E-state index in [0.717, 1.165) is 37.8 Å². The van der Waals surface area contributed by atoms with E-state index in [1.54, 1.807) is 6.20 Å². The average Bonchev–Trinajstić information content (AvgIpc) is 3.74. The van der Waals surface area contributed by atoms with Gasteiger partial charge in [0.05, 0.1) is 45.4 Å². The molecule has 0 unspecified atom stereocenters. The molecule has 61 heavy (non-hydrogen) atoms. The van der Waals surface area contributed by atoms with E-state index >= 15 is 0 Å². The van der Waals surface area contributed by atoms with E-state index in [4.69, 9.17) is 29.8 Å². The fourth-order valence-corrected chi connectivity index (χ4v) is 6.68. The highest BCUT2D eigenvalue weighted by Crippen LogP contribution is 2.17. The lowest BCUT2D eigenvalue weighted by molar-refractivity contribution is -0.137. The Kier molecular flexibility index (Phi) is 35.7. The first-order chi connectivity index (χ1) is 29.6. The smallest absolute Gasteiger partial charge is 0.303 e. The van der Waals surface area contributed by atoms with E-state index in [0.29, 0.717) is 77.7 Å². The summed E-state index contributed by atoms with van der Waals surface area (Å²) in [5.74, 6) is -1.52. The van der Waals surface area contributed by atoms with Crippen molar-refractivity contribution in [2.75, 3.05) is 65.9 Å². The number of aliphatic carboxylic acids is 1. The van der Waals surface area contributed by atoms with Gasteiger partial charge in [0.15, 0.2) is 5.78 Å². The largest absolute Gasteiger partial charge is 0.481 e. The minimum atomic E-state index is -0.695. The van der Waals surface area contributed by atoms with Crippen LogP contribution in [0.5, 0.6) is 0 Å². The second kappa shape index (κ2) is 39.3. The number of carboxylic acid groups (broad SMARTS) is 1. The number of carboxylic acids is 1. The van der Waals surface area contributed by atoms with Crippen molar-refractivity contribution in [3.63, 3.8) is 0 Å². The number of rotatable bonds is 45. The zero-order valence-electron chi connectivity index (χ0n) is 37.2. The molecule has 0 aromatic carbocycles. The van der Waals surface area contributed by atoms with Crippen LogP contribution in [0.25, 0.3) is 0 Å². The van der Waals surface area contributed by atoms with E-state index in [2.05, 4.69) is 20.6 Å². The Morgan fingerprint density at radius 3 is 1.70 bits per heavy atom. The summed E-state index contributed by atoms with van der Waals surface area (Å²) < 4.78 is 21.6. The number of aromatic amines is 1. The molecule has 1 heterocycles. The maximum atomic E-state index is 12.5. The summed E-state index contributed by atoms with van der Waals surface area (Å²) in [5, 5.41) is 14.1. The topological polar surface area (TPSA) is 238 Å². The number of imidazole rings is 1. The Labute approximate surface area is 365 Å². The molecular weight excluding hydrogens is 787 g/mol. The maximum absolute atomic E-state index is 12.5. The molecule has 0 saturated carbocycles. The Bertz CT molecular complexity index is 1300. The van der Waals surface area contributed by atoms with Crippen molar-refractivity contribution in [3.05, 3.63) is 18.2 Å². The van der Waals surface area contributed by atoms with Crippen molar-refractivity contribution in [1.82, 2.24) is 20.6 Å².